The first-order chi connectivity index (χ1) is 31.5. The van der Waals surface area contributed by atoms with Crippen LogP contribution in [0.3, 0.4) is 0 Å². The van der Waals surface area contributed by atoms with E-state index in [0.717, 1.165) is 64.2 Å². The molecular weight excluding hydrogens is 793 g/mol. The molecule has 0 bridgehead atoms. The van der Waals surface area contributed by atoms with Gasteiger partial charge in [0.05, 0.1) is 0 Å². The van der Waals surface area contributed by atoms with Crippen molar-refractivity contribution < 1.29 is 28.6 Å². The molecule has 0 aromatic carbocycles. The Hall–Kier alpha value is -2.89. The zero-order valence-corrected chi connectivity index (χ0v) is 42.3. The van der Waals surface area contributed by atoms with Gasteiger partial charge in [0, 0.05) is 19.3 Å². The molecule has 1 atom stereocenters. The van der Waals surface area contributed by atoms with Gasteiger partial charge < -0.3 is 14.2 Å². The Bertz CT molecular complexity index is 1170. The van der Waals surface area contributed by atoms with E-state index < -0.39 is 6.10 Å². The second-order valence-corrected chi connectivity index (χ2v) is 18.1. The molecule has 0 N–H and O–H groups in total. The van der Waals surface area contributed by atoms with Crippen molar-refractivity contribution in [1.82, 2.24) is 0 Å². The summed E-state index contributed by atoms with van der Waals surface area (Å²) < 4.78 is 16.6. The molecule has 1 unspecified atom stereocenters. The lowest BCUT2D eigenvalue weighted by Gasteiger charge is -2.18. The molecule has 0 aliphatic carbocycles. The molecule has 0 amide bonds. The van der Waals surface area contributed by atoms with E-state index in [1.807, 2.05) is 12.2 Å². The first-order valence-corrected chi connectivity index (χ1v) is 27.3. The maximum absolute atomic E-state index is 12.7. The highest BCUT2D eigenvalue weighted by Gasteiger charge is 2.19. The lowest BCUT2D eigenvalue weighted by atomic mass is 10.0. The number of esters is 3. The third-order valence-electron chi connectivity index (χ3n) is 11.8. The van der Waals surface area contributed by atoms with Crippen molar-refractivity contribution in [3.05, 3.63) is 60.8 Å². The van der Waals surface area contributed by atoms with Gasteiger partial charge in [-0.25, -0.2) is 0 Å². The molecule has 0 rings (SSSR count). The number of rotatable bonds is 49. The SMILES string of the molecule is CC/C=C\C/C=C\C/C=C\C/C=C\CCC(=O)OC(COC(=O)CCCCCCCC)COC(=O)CCCCCCCCCCCCCCCCC/C=C\CCCCCCCCCC. The number of allylic oxidation sites excluding steroid dienone is 10. The number of unbranched alkanes of at least 4 members (excludes halogenated alkanes) is 28. The van der Waals surface area contributed by atoms with E-state index in [4.69, 9.17) is 14.2 Å². The normalized spacial score (nSPS) is 12.5. The van der Waals surface area contributed by atoms with Gasteiger partial charge in [-0.3, -0.25) is 14.4 Å². The molecule has 370 valence electrons. The van der Waals surface area contributed by atoms with Crippen molar-refractivity contribution in [2.75, 3.05) is 13.2 Å². The molecule has 6 nitrogen and oxygen atoms in total. The number of carbonyl (C=O) groups is 3. The van der Waals surface area contributed by atoms with E-state index in [1.54, 1.807) is 0 Å². The van der Waals surface area contributed by atoms with Crippen LogP contribution in [0.15, 0.2) is 60.8 Å². The van der Waals surface area contributed by atoms with E-state index in [1.165, 1.54) is 161 Å². The summed E-state index contributed by atoms with van der Waals surface area (Å²) in [6.07, 6.45) is 65.6. The van der Waals surface area contributed by atoms with Gasteiger partial charge >= 0.3 is 17.9 Å². The average molecular weight is 895 g/mol. The number of carbonyl (C=O) groups excluding carboxylic acids is 3. The van der Waals surface area contributed by atoms with Crippen molar-refractivity contribution in [3.8, 4) is 0 Å². The molecule has 0 heterocycles. The third kappa shape index (κ3) is 50.1. The predicted molar refractivity (Wildman–Crippen MR) is 275 cm³/mol. The van der Waals surface area contributed by atoms with Crippen molar-refractivity contribution >= 4 is 17.9 Å². The molecular formula is C58H102O6. The number of ether oxygens (including phenoxy) is 3. The first-order valence-electron chi connectivity index (χ1n) is 27.3. The van der Waals surface area contributed by atoms with E-state index in [-0.39, 0.29) is 37.5 Å². The molecule has 0 saturated carbocycles. The van der Waals surface area contributed by atoms with Crippen LogP contribution in [0, 0.1) is 0 Å². The lowest BCUT2D eigenvalue weighted by Crippen LogP contribution is -2.30. The number of hydrogen-bond acceptors (Lipinski definition) is 6. The van der Waals surface area contributed by atoms with Gasteiger partial charge in [-0.2, -0.15) is 0 Å². The summed E-state index contributed by atoms with van der Waals surface area (Å²) in [4.78, 5) is 37.7. The fourth-order valence-electron chi connectivity index (χ4n) is 7.69. The number of hydrogen-bond donors (Lipinski definition) is 0. The van der Waals surface area contributed by atoms with E-state index >= 15 is 0 Å². The summed E-state index contributed by atoms with van der Waals surface area (Å²) in [5.41, 5.74) is 0. The van der Waals surface area contributed by atoms with Crippen LogP contribution in [0.25, 0.3) is 0 Å². The fraction of sp³-hybridized carbons (Fsp3) is 0.776. The Morgan fingerprint density at radius 1 is 0.328 bits per heavy atom. The van der Waals surface area contributed by atoms with Crippen molar-refractivity contribution in [2.45, 2.75) is 277 Å². The third-order valence-corrected chi connectivity index (χ3v) is 11.8. The average Bonchev–Trinajstić information content (AvgIpc) is 3.29. The first kappa shape index (κ1) is 61.1. The van der Waals surface area contributed by atoms with Gasteiger partial charge in [-0.05, 0) is 70.6 Å². The van der Waals surface area contributed by atoms with Crippen molar-refractivity contribution in [2.24, 2.45) is 0 Å². The smallest absolute Gasteiger partial charge is 0.306 e. The van der Waals surface area contributed by atoms with Gasteiger partial charge in [0.2, 0.25) is 0 Å². The van der Waals surface area contributed by atoms with Gasteiger partial charge in [-0.15, -0.1) is 0 Å². The van der Waals surface area contributed by atoms with Crippen molar-refractivity contribution in [1.29, 1.82) is 0 Å². The van der Waals surface area contributed by atoms with Crippen LogP contribution in [0.2, 0.25) is 0 Å². The molecule has 6 heteroatoms. The molecule has 0 aromatic rings. The molecule has 0 saturated heterocycles. The van der Waals surface area contributed by atoms with Crippen LogP contribution >= 0.6 is 0 Å². The minimum Gasteiger partial charge on any atom is -0.462 e. The zero-order valence-electron chi connectivity index (χ0n) is 42.3. The summed E-state index contributed by atoms with van der Waals surface area (Å²) in [5, 5.41) is 0. The molecule has 0 spiro atoms. The molecule has 0 aliphatic heterocycles. The molecule has 0 radical (unpaired) electrons. The molecule has 0 fully saturated rings. The van der Waals surface area contributed by atoms with Crippen LogP contribution in [0.1, 0.15) is 271 Å². The Labute approximate surface area is 396 Å². The van der Waals surface area contributed by atoms with E-state index in [0.29, 0.717) is 19.3 Å². The summed E-state index contributed by atoms with van der Waals surface area (Å²) in [6.45, 7) is 6.41. The maximum Gasteiger partial charge on any atom is 0.306 e. The van der Waals surface area contributed by atoms with E-state index in [9.17, 15) is 14.4 Å². The lowest BCUT2D eigenvalue weighted by molar-refractivity contribution is -0.166. The predicted octanol–water partition coefficient (Wildman–Crippen LogP) is 18.0. The minimum atomic E-state index is -0.806. The summed E-state index contributed by atoms with van der Waals surface area (Å²) in [5.74, 6) is -0.989. The maximum atomic E-state index is 12.7. The Balaban J connectivity index is 4.08. The van der Waals surface area contributed by atoms with Gasteiger partial charge in [-0.1, -0.05) is 242 Å². The van der Waals surface area contributed by atoms with Gasteiger partial charge in [0.15, 0.2) is 6.10 Å². The Kier molecular flexibility index (Phi) is 50.4. The van der Waals surface area contributed by atoms with Crippen LogP contribution in [0.4, 0.5) is 0 Å². The standard InChI is InChI=1S/C58H102O6/c1-4-7-10-13-16-18-20-22-23-24-25-26-27-28-29-30-31-32-33-34-35-37-38-40-42-45-48-51-57(60)63-54-55(53-62-56(59)50-47-44-15-12-9-6-3)64-58(61)52-49-46-43-41-39-36-21-19-17-14-11-8-5-2/h8,11,17,19,24-25,36,39,43,46,55H,4-7,9-10,12-16,18,20-23,26-35,37-38,40-42,44-45,47-54H2,1-3H3/b11-8-,19-17-,25-24-,39-36-,46-43-. The largest absolute Gasteiger partial charge is 0.462 e. The van der Waals surface area contributed by atoms with Crippen LogP contribution in [-0.2, 0) is 28.6 Å². The second kappa shape index (κ2) is 52.7. The molecule has 0 aliphatic rings. The topological polar surface area (TPSA) is 78.9 Å². The minimum absolute atomic E-state index is 0.101. The fourth-order valence-corrected chi connectivity index (χ4v) is 7.69. The van der Waals surface area contributed by atoms with E-state index in [2.05, 4.69) is 69.4 Å². The highest BCUT2D eigenvalue weighted by molar-refractivity contribution is 5.71. The molecule has 64 heavy (non-hydrogen) atoms. The van der Waals surface area contributed by atoms with Gasteiger partial charge in [0.25, 0.3) is 0 Å². The summed E-state index contributed by atoms with van der Waals surface area (Å²) >= 11 is 0. The van der Waals surface area contributed by atoms with Crippen LogP contribution < -0.4 is 0 Å². The summed E-state index contributed by atoms with van der Waals surface area (Å²) in [7, 11) is 0. The summed E-state index contributed by atoms with van der Waals surface area (Å²) in [6, 6.07) is 0. The highest BCUT2D eigenvalue weighted by Crippen LogP contribution is 2.16. The van der Waals surface area contributed by atoms with Crippen LogP contribution in [-0.4, -0.2) is 37.2 Å². The van der Waals surface area contributed by atoms with Crippen molar-refractivity contribution in [3.63, 3.8) is 0 Å². The zero-order chi connectivity index (χ0) is 46.5. The van der Waals surface area contributed by atoms with Gasteiger partial charge in [0.1, 0.15) is 13.2 Å². The monoisotopic (exact) mass is 895 g/mol. The Morgan fingerprint density at radius 3 is 1.02 bits per heavy atom. The quantitative estimate of drug-likeness (QED) is 0.0262. The van der Waals surface area contributed by atoms with Crippen LogP contribution in [0.5, 0.6) is 0 Å². The molecule has 0 aromatic heterocycles. The Morgan fingerprint density at radius 2 is 0.641 bits per heavy atom. The highest BCUT2D eigenvalue weighted by atomic mass is 16.6. The second-order valence-electron chi connectivity index (χ2n) is 18.1.